The molecule has 0 saturated heterocycles. The maximum absolute atomic E-state index is 6.13. The summed E-state index contributed by atoms with van der Waals surface area (Å²) in [6.07, 6.45) is 0. The second kappa shape index (κ2) is 3.86. The molecule has 0 unspecified atom stereocenters. The van der Waals surface area contributed by atoms with Crippen LogP contribution in [0.5, 0.6) is 0 Å². The average Bonchev–Trinajstić information content (AvgIpc) is 2.22. The van der Waals surface area contributed by atoms with E-state index >= 15 is 0 Å². The summed E-state index contributed by atoms with van der Waals surface area (Å²) in [6, 6.07) is 0. The lowest BCUT2D eigenvalue weighted by atomic mass is 9.95. The molecule has 0 N–H and O–H groups in total. The quantitative estimate of drug-likeness (QED) is 0.521. The summed E-state index contributed by atoms with van der Waals surface area (Å²) in [7, 11) is 0. The van der Waals surface area contributed by atoms with Crippen molar-refractivity contribution in [1.82, 2.24) is 9.97 Å². The van der Waals surface area contributed by atoms with Crippen LogP contribution in [0.25, 0.3) is 10.9 Å². The number of hydrogen-bond donors (Lipinski definition) is 0. The zero-order chi connectivity index (χ0) is 12.0. The van der Waals surface area contributed by atoms with Gasteiger partial charge in [0.15, 0.2) is 0 Å². The van der Waals surface area contributed by atoms with Crippen molar-refractivity contribution in [3.63, 3.8) is 0 Å². The Labute approximate surface area is 105 Å². The first-order valence-electron chi connectivity index (χ1n) is 5.02. The first kappa shape index (κ1) is 11.6. The number of benzene rings is 1. The monoisotopic (exact) mass is 254 g/mol. The van der Waals surface area contributed by atoms with Crippen molar-refractivity contribution in [3.8, 4) is 0 Å². The van der Waals surface area contributed by atoms with E-state index in [1.807, 2.05) is 13.8 Å². The molecular formula is C12H12Cl2N2. The molecule has 0 saturated carbocycles. The van der Waals surface area contributed by atoms with Crippen LogP contribution in [0.1, 0.15) is 22.3 Å². The maximum Gasteiger partial charge on any atom is 0.224 e. The predicted octanol–water partition coefficient (Wildman–Crippen LogP) is 4.17. The SMILES string of the molecule is Cc1c(C)c(C)c2c(Cl)nc(Cl)nc2c1C. The van der Waals surface area contributed by atoms with Gasteiger partial charge in [-0.2, -0.15) is 0 Å². The van der Waals surface area contributed by atoms with Crippen molar-refractivity contribution in [2.75, 3.05) is 0 Å². The standard InChI is InChI=1S/C12H12Cl2N2/c1-5-6(2)8(4)10-9(7(5)3)11(13)16-12(14)15-10/h1-4H3. The highest BCUT2D eigenvalue weighted by Crippen LogP contribution is 2.32. The Balaban J connectivity index is 3.08. The molecule has 0 aliphatic heterocycles. The zero-order valence-electron chi connectivity index (χ0n) is 9.65. The lowest BCUT2D eigenvalue weighted by Gasteiger charge is -2.13. The smallest absolute Gasteiger partial charge is 0.217 e. The van der Waals surface area contributed by atoms with Gasteiger partial charge in [-0.1, -0.05) is 11.6 Å². The number of aryl methyl sites for hydroxylation is 2. The molecule has 0 spiro atoms. The van der Waals surface area contributed by atoms with Crippen molar-refractivity contribution in [1.29, 1.82) is 0 Å². The van der Waals surface area contributed by atoms with E-state index in [4.69, 9.17) is 23.2 Å². The first-order chi connectivity index (χ1) is 7.43. The van der Waals surface area contributed by atoms with Crippen LogP contribution in [0.4, 0.5) is 0 Å². The molecule has 0 aliphatic rings. The fraction of sp³-hybridized carbons (Fsp3) is 0.333. The molecule has 4 heteroatoms. The lowest BCUT2D eigenvalue weighted by molar-refractivity contribution is 1.17. The first-order valence-corrected chi connectivity index (χ1v) is 5.78. The Morgan fingerprint density at radius 1 is 0.750 bits per heavy atom. The van der Waals surface area contributed by atoms with E-state index in [1.54, 1.807) is 0 Å². The molecule has 2 rings (SSSR count). The van der Waals surface area contributed by atoms with Gasteiger partial charge in [0.1, 0.15) is 5.15 Å². The molecule has 0 radical (unpaired) electrons. The van der Waals surface area contributed by atoms with Crippen molar-refractivity contribution < 1.29 is 0 Å². The van der Waals surface area contributed by atoms with Gasteiger partial charge in [-0.05, 0) is 61.5 Å². The van der Waals surface area contributed by atoms with E-state index in [1.165, 1.54) is 11.1 Å². The summed E-state index contributed by atoms with van der Waals surface area (Å²) >= 11 is 12.0. The van der Waals surface area contributed by atoms with Crippen LogP contribution in [0.15, 0.2) is 0 Å². The van der Waals surface area contributed by atoms with Crippen molar-refractivity contribution in [3.05, 3.63) is 32.7 Å². The Bertz CT molecular complexity index is 592. The van der Waals surface area contributed by atoms with Gasteiger partial charge >= 0.3 is 0 Å². The second-order valence-electron chi connectivity index (χ2n) is 4.01. The van der Waals surface area contributed by atoms with Gasteiger partial charge < -0.3 is 0 Å². The largest absolute Gasteiger partial charge is 0.224 e. The van der Waals surface area contributed by atoms with Crippen molar-refractivity contribution in [2.45, 2.75) is 27.7 Å². The fourth-order valence-electron chi connectivity index (χ4n) is 1.94. The summed E-state index contributed by atoms with van der Waals surface area (Å²) in [4.78, 5) is 8.26. The lowest BCUT2D eigenvalue weighted by Crippen LogP contribution is -1.98. The molecule has 1 heterocycles. The molecule has 2 nitrogen and oxygen atoms in total. The summed E-state index contributed by atoms with van der Waals surface area (Å²) in [5.41, 5.74) is 5.56. The minimum atomic E-state index is 0.197. The van der Waals surface area contributed by atoms with Gasteiger partial charge in [-0.15, -0.1) is 0 Å². The van der Waals surface area contributed by atoms with E-state index < -0.39 is 0 Å². The van der Waals surface area contributed by atoms with Gasteiger partial charge in [-0.25, -0.2) is 9.97 Å². The third-order valence-electron chi connectivity index (χ3n) is 3.26. The highest BCUT2D eigenvalue weighted by atomic mass is 35.5. The molecule has 16 heavy (non-hydrogen) atoms. The Morgan fingerprint density at radius 2 is 1.31 bits per heavy atom. The van der Waals surface area contributed by atoms with Crippen LogP contribution in [-0.4, -0.2) is 9.97 Å². The molecule has 84 valence electrons. The number of fused-ring (bicyclic) bond motifs is 1. The Kier molecular flexibility index (Phi) is 2.81. The van der Waals surface area contributed by atoms with Crippen molar-refractivity contribution in [2.24, 2.45) is 0 Å². The topological polar surface area (TPSA) is 25.8 Å². The number of halogens is 2. The molecule has 1 aromatic carbocycles. The van der Waals surface area contributed by atoms with Gasteiger partial charge in [0, 0.05) is 5.39 Å². The molecule has 1 aromatic heterocycles. The summed E-state index contributed by atoms with van der Waals surface area (Å²) in [5, 5.41) is 1.54. The number of nitrogens with zero attached hydrogens (tertiary/aromatic N) is 2. The predicted molar refractivity (Wildman–Crippen MR) is 68.5 cm³/mol. The van der Waals surface area contributed by atoms with E-state index in [0.29, 0.717) is 5.15 Å². The van der Waals surface area contributed by atoms with Gasteiger partial charge in [-0.3, -0.25) is 0 Å². The van der Waals surface area contributed by atoms with E-state index in [2.05, 4.69) is 23.8 Å². The molecule has 0 amide bonds. The van der Waals surface area contributed by atoms with Crippen LogP contribution in [-0.2, 0) is 0 Å². The van der Waals surface area contributed by atoms with Gasteiger partial charge in [0.25, 0.3) is 0 Å². The van der Waals surface area contributed by atoms with E-state index in [-0.39, 0.29) is 5.28 Å². The average molecular weight is 255 g/mol. The highest BCUT2D eigenvalue weighted by Gasteiger charge is 2.14. The molecule has 2 aromatic rings. The third kappa shape index (κ3) is 1.57. The molecule has 0 aliphatic carbocycles. The third-order valence-corrected chi connectivity index (χ3v) is 3.70. The van der Waals surface area contributed by atoms with E-state index in [0.717, 1.165) is 22.0 Å². The highest BCUT2D eigenvalue weighted by molar-refractivity contribution is 6.36. The molecule has 0 bridgehead atoms. The molecule has 0 fully saturated rings. The Hall–Kier alpha value is -0.860. The van der Waals surface area contributed by atoms with E-state index in [9.17, 15) is 0 Å². The summed E-state index contributed by atoms with van der Waals surface area (Å²) < 4.78 is 0. The van der Waals surface area contributed by atoms with Crippen LogP contribution in [0.2, 0.25) is 10.4 Å². The van der Waals surface area contributed by atoms with Crippen LogP contribution in [0.3, 0.4) is 0 Å². The minimum Gasteiger partial charge on any atom is -0.217 e. The summed E-state index contributed by atoms with van der Waals surface area (Å²) in [5.74, 6) is 0. The summed E-state index contributed by atoms with van der Waals surface area (Å²) in [6.45, 7) is 8.24. The minimum absolute atomic E-state index is 0.197. The van der Waals surface area contributed by atoms with Crippen molar-refractivity contribution >= 4 is 34.1 Å². The van der Waals surface area contributed by atoms with Gasteiger partial charge in [0.05, 0.1) is 5.52 Å². The van der Waals surface area contributed by atoms with Crippen LogP contribution < -0.4 is 0 Å². The normalized spacial score (nSPS) is 11.1. The van der Waals surface area contributed by atoms with Crippen LogP contribution >= 0.6 is 23.2 Å². The molecule has 0 atom stereocenters. The Morgan fingerprint density at radius 3 is 1.94 bits per heavy atom. The van der Waals surface area contributed by atoms with Crippen LogP contribution in [0, 0.1) is 27.7 Å². The molecular weight excluding hydrogens is 243 g/mol. The zero-order valence-corrected chi connectivity index (χ0v) is 11.2. The number of hydrogen-bond acceptors (Lipinski definition) is 2. The maximum atomic E-state index is 6.13. The number of rotatable bonds is 0. The van der Waals surface area contributed by atoms with Gasteiger partial charge in [0.2, 0.25) is 5.28 Å². The second-order valence-corrected chi connectivity index (χ2v) is 4.70. The fourth-order valence-corrected chi connectivity index (χ4v) is 2.46. The number of aromatic nitrogens is 2.